The number of benzene rings is 2. The van der Waals surface area contributed by atoms with Crippen molar-refractivity contribution in [2.75, 3.05) is 0 Å². The monoisotopic (exact) mass is 436 g/mol. The Bertz CT molecular complexity index is 956. The first-order chi connectivity index (χ1) is 14.8. The van der Waals surface area contributed by atoms with Crippen molar-refractivity contribution in [3.63, 3.8) is 0 Å². The molecule has 172 valence electrons. The highest BCUT2D eigenvalue weighted by Crippen LogP contribution is 2.39. The molecule has 5 heteroatoms. The van der Waals surface area contributed by atoms with Gasteiger partial charge in [0.05, 0.1) is 0 Å². The molecule has 0 saturated heterocycles. The fourth-order valence-electron chi connectivity index (χ4n) is 3.32. The van der Waals surface area contributed by atoms with Crippen molar-refractivity contribution < 1.29 is 14.7 Å². The van der Waals surface area contributed by atoms with Crippen LogP contribution in [0.25, 0.3) is 6.08 Å². The number of phenols is 1. The van der Waals surface area contributed by atoms with Crippen molar-refractivity contribution in [3.05, 3.63) is 70.3 Å². The third-order valence-electron chi connectivity index (χ3n) is 5.26. The summed E-state index contributed by atoms with van der Waals surface area (Å²) in [5.41, 5.74) is 9.22. The molecule has 32 heavy (non-hydrogen) atoms. The van der Waals surface area contributed by atoms with Crippen LogP contribution in [-0.4, -0.2) is 16.9 Å². The molecule has 2 amide bonds. The molecule has 0 fully saturated rings. The van der Waals surface area contributed by atoms with Gasteiger partial charge in [0, 0.05) is 12.5 Å². The molecule has 0 spiro atoms. The van der Waals surface area contributed by atoms with E-state index in [1.807, 2.05) is 43.3 Å². The van der Waals surface area contributed by atoms with Crippen LogP contribution < -0.4 is 10.9 Å². The van der Waals surface area contributed by atoms with Crippen LogP contribution in [0.2, 0.25) is 0 Å². The molecule has 2 aromatic rings. The Kier molecular flexibility index (Phi) is 7.89. The predicted molar refractivity (Wildman–Crippen MR) is 130 cm³/mol. The first-order valence-corrected chi connectivity index (χ1v) is 11.0. The van der Waals surface area contributed by atoms with Crippen LogP contribution >= 0.6 is 0 Å². The third-order valence-corrected chi connectivity index (χ3v) is 5.26. The molecule has 2 aromatic carbocycles. The van der Waals surface area contributed by atoms with E-state index >= 15 is 0 Å². The predicted octanol–water partition coefficient (Wildman–Crippen LogP) is 5.09. The molecule has 0 aliphatic heterocycles. The fourth-order valence-corrected chi connectivity index (χ4v) is 3.32. The van der Waals surface area contributed by atoms with Gasteiger partial charge in [-0.3, -0.25) is 20.4 Å². The molecule has 3 N–H and O–H groups in total. The second kappa shape index (κ2) is 10.0. The van der Waals surface area contributed by atoms with Gasteiger partial charge in [0.2, 0.25) is 5.91 Å². The number of hydrogen-bond donors (Lipinski definition) is 3. The maximum absolute atomic E-state index is 12.3. The van der Waals surface area contributed by atoms with Crippen molar-refractivity contribution in [1.82, 2.24) is 10.9 Å². The first-order valence-electron chi connectivity index (χ1n) is 11.0. The Labute approximate surface area is 191 Å². The molecule has 0 aliphatic carbocycles. The van der Waals surface area contributed by atoms with Crippen LogP contribution in [0, 0.1) is 6.92 Å². The SMILES string of the molecule is Cc1ccc(C=CC(=O)NNC(=O)CCc2cc(C(C)(C)C)c(O)c(C(C)(C)C)c2)cc1. The molecule has 0 radical (unpaired) electrons. The Morgan fingerprint density at radius 3 is 1.94 bits per heavy atom. The topological polar surface area (TPSA) is 78.4 Å². The summed E-state index contributed by atoms with van der Waals surface area (Å²) in [5, 5.41) is 10.8. The first kappa shape index (κ1) is 25.2. The minimum absolute atomic E-state index is 0.222. The largest absolute Gasteiger partial charge is 0.507 e. The van der Waals surface area contributed by atoms with Crippen LogP contribution in [0.4, 0.5) is 0 Å². The zero-order chi connectivity index (χ0) is 24.1. The Morgan fingerprint density at radius 1 is 0.906 bits per heavy atom. The summed E-state index contributed by atoms with van der Waals surface area (Å²) < 4.78 is 0. The van der Waals surface area contributed by atoms with Gasteiger partial charge >= 0.3 is 0 Å². The van der Waals surface area contributed by atoms with E-state index in [4.69, 9.17) is 0 Å². The number of aryl methyl sites for hydroxylation is 2. The molecule has 0 saturated carbocycles. The number of carbonyl (C=O) groups is 2. The van der Waals surface area contributed by atoms with E-state index in [2.05, 4.69) is 52.4 Å². The number of hydrogen-bond acceptors (Lipinski definition) is 3. The molecule has 0 atom stereocenters. The normalized spacial score (nSPS) is 12.1. The summed E-state index contributed by atoms with van der Waals surface area (Å²) in [6.07, 6.45) is 3.81. The number of nitrogens with one attached hydrogen (secondary N) is 2. The average Bonchev–Trinajstić information content (AvgIpc) is 2.69. The zero-order valence-corrected chi connectivity index (χ0v) is 20.3. The Balaban J connectivity index is 1.98. The van der Waals surface area contributed by atoms with Gasteiger partial charge in [-0.25, -0.2) is 0 Å². The second-order valence-electron chi connectivity index (χ2n) is 10.3. The van der Waals surface area contributed by atoms with Crippen molar-refractivity contribution in [3.8, 4) is 5.75 Å². The lowest BCUT2D eigenvalue weighted by atomic mass is 9.78. The van der Waals surface area contributed by atoms with Gasteiger partial charge in [0.15, 0.2) is 0 Å². The lowest BCUT2D eigenvalue weighted by Crippen LogP contribution is -2.40. The summed E-state index contributed by atoms with van der Waals surface area (Å²) >= 11 is 0. The molecule has 2 rings (SSSR count). The van der Waals surface area contributed by atoms with Crippen molar-refractivity contribution in [1.29, 1.82) is 0 Å². The molecule has 0 unspecified atom stereocenters. The highest BCUT2D eigenvalue weighted by atomic mass is 16.3. The molecule has 0 heterocycles. The van der Waals surface area contributed by atoms with Crippen LogP contribution in [0.15, 0.2) is 42.5 Å². The van der Waals surface area contributed by atoms with E-state index in [0.29, 0.717) is 12.2 Å². The minimum Gasteiger partial charge on any atom is -0.507 e. The fraction of sp³-hybridized carbons (Fsp3) is 0.407. The van der Waals surface area contributed by atoms with Gasteiger partial charge in [-0.1, -0.05) is 83.5 Å². The van der Waals surface area contributed by atoms with Gasteiger partial charge in [-0.05, 0) is 52.5 Å². The Hall–Kier alpha value is -3.08. The highest BCUT2D eigenvalue weighted by molar-refractivity contribution is 5.93. The minimum atomic E-state index is -0.395. The summed E-state index contributed by atoms with van der Waals surface area (Å²) in [5.74, 6) is -0.343. The maximum Gasteiger partial charge on any atom is 0.262 e. The van der Waals surface area contributed by atoms with Gasteiger partial charge in [-0.2, -0.15) is 0 Å². The summed E-state index contributed by atoms with van der Waals surface area (Å²) in [6.45, 7) is 14.4. The lowest BCUT2D eigenvalue weighted by Gasteiger charge is -2.28. The molecule has 0 aliphatic rings. The van der Waals surface area contributed by atoms with E-state index in [-0.39, 0.29) is 23.2 Å². The summed E-state index contributed by atoms with van der Waals surface area (Å²) in [7, 11) is 0. The number of amides is 2. The van der Waals surface area contributed by atoms with E-state index in [9.17, 15) is 14.7 Å². The van der Waals surface area contributed by atoms with E-state index in [1.165, 1.54) is 6.08 Å². The van der Waals surface area contributed by atoms with Crippen LogP contribution in [0.1, 0.15) is 75.8 Å². The molecule has 5 nitrogen and oxygen atoms in total. The molecular formula is C27H36N2O3. The smallest absolute Gasteiger partial charge is 0.262 e. The zero-order valence-electron chi connectivity index (χ0n) is 20.3. The van der Waals surface area contributed by atoms with Gasteiger partial charge in [0.25, 0.3) is 5.91 Å². The Morgan fingerprint density at radius 2 is 1.44 bits per heavy atom. The second-order valence-corrected chi connectivity index (χ2v) is 10.3. The summed E-state index contributed by atoms with van der Waals surface area (Å²) in [6, 6.07) is 11.7. The number of rotatable bonds is 5. The molecule has 0 bridgehead atoms. The van der Waals surface area contributed by atoms with Gasteiger partial charge < -0.3 is 5.11 Å². The quantitative estimate of drug-likeness (QED) is 0.451. The average molecular weight is 437 g/mol. The van der Waals surface area contributed by atoms with E-state index in [0.717, 1.165) is 27.8 Å². The van der Waals surface area contributed by atoms with Crippen LogP contribution in [-0.2, 0) is 26.8 Å². The number of aromatic hydroxyl groups is 1. The summed E-state index contributed by atoms with van der Waals surface area (Å²) in [4.78, 5) is 24.2. The third kappa shape index (κ3) is 7.26. The van der Waals surface area contributed by atoms with Gasteiger partial charge in [-0.15, -0.1) is 0 Å². The maximum atomic E-state index is 12.3. The van der Waals surface area contributed by atoms with Crippen molar-refractivity contribution in [2.24, 2.45) is 0 Å². The number of phenolic OH excluding ortho intramolecular Hbond substituents is 1. The molecule has 0 aromatic heterocycles. The van der Waals surface area contributed by atoms with Gasteiger partial charge in [0.1, 0.15) is 5.75 Å². The molecular weight excluding hydrogens is 400 g/mol. The van der Waals surface area contributed by atoms with Crippen molar-refractivity contribution >= 4 is 17.9 Å². The van der Waals surface area contributed by atoms with Crippen LogP contribution in [0.5, 0.6) is 5.75 Å². The number of carbonyl (C=O) groups excluding carboxylic acids is 2. The van der Waals surface area contributed by atoms with Crippen LogP contribution in [0.3, 0.4) is 0 Å². The van der Waals surface area contributed by atoms with E-state index < -0.39 is 5.91 Å². The standard InChI is InChI=1S/C27H36N2O3/c1-18-8-10-19(11-9-18)12-14-23(30)28-29-24(31)15-13-20-16-21(26(2,3)4)25(32)22(17-20)27(5,6)7/h8-12,14,16-17,32H,13,15H2,1-7H3,(H,28,30)(H,29,31). The number of hydrazine groups is 1. The van der Waals surface area contributed by atoms with E-state index in [1.54, 1.807) is 6.08 Å². The highest BCUT2D eigenvalue weighted by Gasteiger charge is 2.26. The lowest BCUT2D eigenvalue weighted by molar-refractivity contribution is -0.126. The van der Waals surface area contributed by atoms with Crippen molar-refractivity contribution in [2.45, 2.75) is 72.1 Å².